The Morgan fingerprint density at radius 2 is 1.76 bits per heavy atom. The lowest BCUT2D eigenvalue weighted by atomic mass is 10.1. The fraction of sp³-hybridized carbons (Fsp3) is 0.409. The molecule has 0 fully saturated rings. The van der Waals surface area contributed by atoms with E-state index < -0.39 is 34.0 Å². The molecule has 0 aliphatic carbocycles. The summed E-state index contributed by atoms with van der Waals surface area (Å²) in [5.41, 5.74) is 2.02. The Hall–Kier alpha value is -3.18. The monoisotopic (exact) mass is 479 g/mol. The van der Waals surface area contributed by atoms with Crippen molar-refractivity contribution in [2.75, 3.05) is 26.0 Å². The molecular weight excluding hydrogens is 450 g/mol. The average molecular weight is 480 g/mol. The highest BCUT2D eigenvalue weighted by Gasteiger charge is 2.27. The number of aromatic amines is 1. The van der Waals surface area contributed by atoms with Gasteiger partial charge in [0.15, 0.2) is 6.10 Å². The molecule has 1 aromatic heterocycles. The molecule has 0 saturated heterocycles. The van der Waals surface area contributed by atoms with E-state index in [1.54, 1.807) is 33.8 Å². The molecule has 0 aliphatic rings. The Bertz CT molecular complexity index is 1180. The second-order valence-electron chi connectivity index (χ2n) is 7.65. The fourth-order valence-corrected chi connectivity index (χ4v) is 4.01. The molecule has 0 bridgehead atoms. The molecule has 180 valence electrons. The second-order valence-corrected chi connectivity index (χ2v) is 9.80. The maximum absolute atomic E-state index is 12.6. The molecule has 33 heavy (non-hydrogen) atoms. The van der Waals surface area contributed by atoms with E-state index in [1.165, 1.54) is 33.2 Å². The van der Waals surface area contributed by atoms with E-state index in [-0.39, 0.29) is 28.4 Å². The fourth-order valence-electron chi connectivity index (χ4n) is 3.08. The number of aromatic nitrogens is 1. The zero-order valence-electron chi connectivity index (χ0n) is 19.7. The highest BCUT2D eigenvalue weighted by atomic mass is 32.2. The summed E-state index contributed by atoms with van der Waals surface area (Å²) in [6.45, 7) is 8.18. The van der Waals surface area contributed by atoms with Crippen LogP contribution in [0.3, 0.4) is 0 Å². The van der Waals surface area contributed by atoms with Gasteiger partial charge < -0.3 is 19.8 Å². The van der Waals surface area contributed by atoms with Gasteiger partial charge in [0.25, 0.3) is 5.91 Å². The molecule has 1 heterocycles. The summed E-state index contributed by atoms with van der Waals surface area (Å²) in [4.78, 5) is 40.2. The summed E-state index contributed by atoms with van der Waals surface area (Å²) in [7, 11) is -0.872. The first-order valence-corrected chi connectivity index (χ1v) is 11.7. The standard InChI is InChI=1S/C22H29N3O7S/c1-8-31-21(27)18-13(3)19(23-14(18)4)22(28)32-15(5)20(26)24-17-11-16(10-9-12(17)2)33(29,30)25(6)7/h9-11,15,23H,8H2,1-7H3,(H,24,26)/t15-/m1/s1. The lowest BCUT2D eigenvalue weighted by Gasteiger charge is -2.17. The Morgan fingerprint density at radius 3 is 2.33 bits per heavy atom. The number of hydrogen-bond donors (Lipinski definition) is 2. The molecule has 2 aromatic rings. The summed E-state index contributed by atoms with van der Waals surface area (Å²) >= 11 is 0. The van der Waals surface area contributed by atoms with E-state index in [9.17, 15) is 22.8 Å². The highest BCUT2D eigenvalue weighted by Crippen LogP contribution is 2.23. The van der Waals surface area contributed by atoms with E-state index >= 15 is 0 Å². The van der Waals surface area contributed by atoms with Crippen LogP contribution in [0.4, 0.5) is 5.69 Å². The van der Waals surface area contributed by atoms with Crippen LogP contribution in [0, 0.1) is 20.8 Å². The topological polar surface area (TPSA) is 135 Å². The van der Waals surface area contributed by atoms with Crippen LogP contribution >= 0.6 is 0 Å². The van der Waals surface area contributed by atoms with Crippen LogP contribution in [-0.4, -0.2) is 62.4 Å². The van der Waals surface area contributed by atoms with Crippen molar-refractivity contribution in [1.82, 2.24) is 9.29 Å². The number of esters is 2. The van der Waals surface area contributed by atoms with Crippen molar-refractivity contribution in [1.29, 1.82) is 0 Å². The molecule has 0 aliphatic heterocycles. The maximum Gasteiger partial charge on any atom is 0.355 e. The summed E-state index contributed by atoms with van der Waals surface area (Å²) in [6, 6.07) is 4.37. The number of carbonyl (C=O) groups excluding carboxylic acids is 3. The van der Waals surface area contributed by atoms with Crippen molar-refractivity contribution in [2.45, 2.75) is 45.6 Å². The molecule has 0 spiro atoms. The second kappa shape index (κ2) is 10.2. The molecule has 0 unspecified atom stereocenters. The van der Waals surface area contributed by atoms with E-state index in [1.807, 2.05) is 0 Å². The van der Waals surface area contributed by atoms with E-state index in [0.717, 1.165) is 4.31 Å². The number of aryl methyl sites for hydroxylation is 2. The van der Waals surface area contributed by atoms with Crippen LogP contribution < -0.4 is 5.32 Å². The molecule has 11 heteroatoms. The van der Waals surface area contributed by atoms with Crippen LogP contribution in [0.5, 0.6) is 0 Å². The number of benzene rings is 1. The first-order valence-electron chi connectivity index (χ1n) is 10.2. The average Bonchev–Trinajstić information content (AvgIpc) is 3.03. The van der Waals surface area contributed by atoms with Gasteiger partial charge >= 0.3 is 11.9 Å². The van der Waals surface area contributed by atoms with Gasteiger partial charge in [-0.25, -0.2) is 22.3 Å². The van der Waals surface area contributed by atoms with Crippen LogP contribution in [0.2, 0.25) is 0 Å². The van der Waals surface area contributed by atoms with Crippen molar-refractivity contribution < 1.29 is 32.3 Å². The van der Waals surface area contributed by atoms with E-state index in [0.29, 0.717) is 16.8 Å². The zero-order chi connectivity index (χ0) is 25.1. The summed E-state index contributed by atoms with van der Waals surface area (Å²) < 4.78 is 36.1. The Kier molecular flexibility index (Phi) is 8.04. The lowest BCUT2D eigenvalue weighted by Crippen LogP contribution is -2.30. The molecule has 1 amide bonds. The van der Waals surface area contributed by atoms with Crippen LogP contribution in [-0.2, 0) is 24.3 Å². The Labute approximate surface area is 193 Å². The molecule has 2 N–H and O–H groups in total. The van der Waals surface area contributed by atoms with Gasteiger partial charge in [-0.2, -0.15) is 0 Å². The SMILES string of the molecule is CCOC(=O)c1c(C)[nH]c(C(=O)O[C@H](C)C(=O)Nc2cc(S(=O)(=O)N(C)C)ccc2C)c1C. The van der Waals surface area contributed by atoms with Crippen LogP contribution in [0.25, 0.3) is 0 Å². The van der Waals surface area contributed by atoms with Crippen molar-refractivity contribution in [3.05, 3.63) is 46.3 Å². The van der Waals surface area contributed by atoms with E-state index in [2.05, 4.69) is 10.3 Å². The first-order chi connectivity index (χ1) is 15.3. The summed E-state index contributed by atoms with van der Waals surface area (Å²) in [5, 5.41) is 2.60. The summed E-state index contributed by atoms with van der Waals surface area (Å²) in [6.07, 6.45) is -1.19. The smallest absolute Gasteiger partial charge is 0.355 e. The molecular formula is C22H29N3O7S. The number of ether oxygens (including phenoxy) is 2. The number of sulfonamides is 1. The quantitative estimate of drug-likeness (QED) is 0.556. The predicted octanol–water partition coefficient (Wildman–Crippen LogP) is 2.55. The maximum atomic E-state index is 12.6. The number of amides is 1. The third kappa shape index (κ3) is 5.60. The first kappa shape index (κ1) is 26.1. The number of H-pyrrole nitrogens is 1. The number of carbonyl (C=O) groups is 3. The molecule has 10 nitrogen and oxygen atoms in total. The molecule has 1 aromatic carbocycles. The summed E-state index contributed by atoms with van der Waals surface area (Å²) in [5.74, 6) is -2.01. The number of nitrogens with one attached hydrogen (secondary N) is 2. The van der Waals surface area contributed by atoms with E-state index in [4.69, 9.17) is 9.47 Å². The van der Waals surface area contributed by atoms with Crippen molar-refractivity contribution in [3.8, 4) is 0 Å². The number of rotatable bonds is 8. The number of nitrogens with zero attached hydrogens (tertiary/aromatic N) is 1. The number of anilines is 1. The largest absolute Gasteiger partial charge is 0.462 e. The molecule has 0 radical (unpaired) electrons. The van der Waals surface area contributed by atoms with Crippen molar-refractivity contribution in [2.24, 2.45) is 0 Å². The van der Waals surface area contributed by atoms with Gasteiger partial charge in [-0.15, -0.1) is 0 Å². The van der Waals surface area contributed by atoms with Crippen molar-refractivity contribution in [3.63, 3.8) is 0 Å². The van der Waals surface area contributed by atoms with Crippen LogP contribution in [0.15, 0.2) is 23.1 Å². The third-order valence-corrected chi connectivity index (χ3v) is 6.83. The van der Waals surface area contributed by atoms with Gasteiger partial charge in [0.1, 0.15) is 5.69 Å². The van der Waals surface area contributed by atoms with Gasteiger partial charge in [0, 0.05) is 25.5 Å². The van der Waals surface area contributed by atoms with Gasteiger partial charge in [-0.3, -0.25) is 4.79 Å². The molecule has 2 rings (SSSR count). The Morgan fingerprint density at radius 1 is 1.12 bits per heavy atom. The minimum atomic E-state index is -3.69. The van der Waals surface area contributed by atoms with Gasteiger partial charge in [0.2, 0.25) is 10.0 Å². The van der Waals surface area contributed by atoms with Gasteiger partial charge in [-0.1, -0.05) is 6.07 Å². The molecule has 1 atom stereocenters. The normalized spacial score (nSPS) is 12.4. The minimum absolute atomic E-state index is 0.0158. The Balaban J connectivity index is 2.19. The van der Waals surface area contributed by atoms with Gasteiger partial charge in [0.05, 0.1) is 17.1 Å². The van der Waals surface area contributed by atoms with Gasteiger partial charge in [-0.05, 0) is 57.9 Å². The van der Waals surface area contributed by atoms with Crippen LogP contribution in [0.1, 0.15) is 51.5 Å². The minimum Gasteiger partial charge on any atom is -0.462 e. The highest BCUT2D eigenvalue weighted by molar-refractivity contribution is 7.89. The lowest BCUT2D eigenvalue weighted by molar-refractivity contribution is -0.123. The van der Waals surface area contributed by atoms with Crippen molar-refractivity contribution >= 4 is 33.6 Å². The zero-order valence-corrected chi connectivity index (χ0v) is 20.5. The number of hydrogen-bond acceptors (Lipinski definition) is 7. The third-order valence-electron chi connectivity index (χ3n) is 5.02. The molecule has 0 saturated carbocycles. The predicted molar refractivity (Wildman–Crippen MR) is 122 cm³/mol.